The highest BCUT2D eigenvalue weighted by Crippen LogP contribution is 2.38. The number of ketones is 1. The number of ether oxygens (including phenoxy) is 2. The van der Waals surface area contributed by atoms with Gasteiger partial charge in [0.2, 0.25) is 0 Å². The number of fused-ring (bicyclic) bond motifs is 1. The van der Waals surface area contributed by atoms with E-state index in [1.807, 2.05) is 38.3 Å². The highest BCUT2D eigenvalue weighted by atomic mass is 16.7. The van der Waals surface area contributed by atoms with Crippen molar-refractivity contribution < 1.29 is 14.3 Å². The molecule has 1 aromatic rings. The molecule has 96 valence electrons. The number of benzene rings is 1. The fraction of sp³-hybridized carbons (Fsp3) is 0.364. The second-order valence-corrected chi connectivity index (χ2v) is 5.75. The Morgan fingerprint density at radius 3 is 2.63 bits per heavy atom. The minimum absolute atomic E-state index is 0.0467. The van der Waals surface area contributed by atoms with Gasteiger partial charge in [0.1, 0.15) is 15.7 Å². The summed E-state index contributed by atoms with van der Waals surface area (Å²) in [6, 6.07) is 5.33. The first kappa shape index (κ1) is 14.1. The fourth-order valence-corrected chi connectivity index (χ4v) is 2.25. The third kappa shape index (κ3) is 2.84. The van der Waals surface area contributed by atoms with Gasteiger partial charge in [0, 0.05) is 11.0 Å². The van der Waals surface area contributed by atoms with E-state index in [0.717, 1.165) is 6.44 Å². The first-order valence-electron chi connectivity index (χ1n) is 6.57. The average Bonchev–Trinajstić information content (AvgIpc) is 2.60. The summed E-state index contributed by atoms with van der Waals surface area (Å²) in [6.07, 6.45) is 0.746. The lowest BCUT2D eigenvalue weighted by molar-refractivity contribution is 0.0830. The fourth-order valence-electron chi connectivity index (χ4n) is 2.25. The largest absolute Gasteiger partial charge is 0.467 e. The Labute approximate surface area is 117 Å². The van der Waals surface area contributed by atoms with Crippen LogP contribution in [0.2, 0.25) is 0 Å². The summed E-state index contributed by atoms with van der Waals surface area (Å²) >= 11 is 0. The second kappa shape index (κ2) is 4.67. The van der Waals surface area contributed by atoms with Gasteiger partial charge >= 0.3 is 0 Å². The van der Waals surface area contributed by atoms with Crippen molar-refractivity contribution in [2.24, 2.45) is 0 Å². The monoisotopic (exact) mass is 255 g/mol. The maximum Gasteiger partial charge on any atom is 0.197 e. The number of rotatable bonds is 4. The Hall–Kier alpha value is -1.29. The average molecular weight is 255 g/mol. The third-order valence-corrected chi connectivity index (χ3v) is 3.10. The van der Waals surface area contributed by atoms with Gasteiger partial charge in [-0.15, -0.1) is 0 Å². The van der Waals surface area contributed by atoms with Crippen molar-refractivity contribution in [3.8, 4) is 11.5 Å². The molecule has 1 aliphatic rings. The molecule has 19 heavy (non-hydrogen) atoms. The van der Waals surface area contributed by atoms with Crippen LogP contribution in [0.3, 0.4) is 0 Å². The Kier molecular flexibility index (Phi) is 3.47. The lowest BCUT2D eigenvalue weighted by Crippen LogP contribution is -2.50. The molecule has 1 atom stereocenters. The van der Waals surface area contributed by atoms with Crippen LogP contribution in [0.1, 0.15) is 17.3 Å². The molecule has 1 unspecified atom stereocenters. The van der Waals surface area contributed by atoms with Crippen LogP contribution in [0.5, 0.6) is 11.5 Å². The van der Waals surface area contributed by atoms with Gasteiger partial charge in [-0.2, -0.15) is 0 Å². The number of nitrogens with one attached hydrogen (secondary N) is 1. The summed E-state index contributed by atoms with van der Waals surface area (Å²) < 4.78 is 11.3. The van der Waals surface area contributed by atoms with Gasteiger partial charge in [-0.25, -0.2) is 0 Å². The van der Waals surface area contributed by atoms with Gasteiger partial charge in [-0.05, 0) is 31.6 Å². The Morgan fingerprint density at radius 1 is 1.37 bits per heavy atom. The molecular weight excluding hydrogens is 237 g/mol. The van der Waals surface area contributed by atoms with Crippen molar-refractivity contribution in [3.63, 3.8) is 0 Å². The van der Waals surface area contributed by atoms with Crippen molar-refractivity contribution >= 4 is 37.2 Å². The van der Waals surface area contributed by atoms with E-state index in [2.05, 4.69) is 5.32 Å². The van der Waals surface area contributed by atoms with Gasteiger partial charge in [0.25, 0.3) is 0 Å². The molecule has 0 radical (unpaired) electrons. The minimum Gasteiger partial charge on any atom is -0.467 e. The van der Waals surface area contributed by atoms with Crippen molar-refractivity contribution in [2.75, 3.05) is 6.44 Å². The van der Waals surface area contributed by atoms with Gasteiger partial charge in [0.15, 0.2) is 38.6 Å². The van der Waals surface area contributed by atoms with Crippen LogP contribution in [0.15, 0.2) is 18.2 Å². The van der Waals surface area contributed by atoms with Crippen LogP contribution < -0.4 is 14.8 Å². The molecule has 0 saturated heterocycles. The minimum atomic E-state index is -0.665. The highest BCUT2D eigenvalue weighted by Gasteiger charge is 2.33. The smallest absolute Gasteiger partial charge is 0.197 e. The number of carbonyl (C=O) groups is 1. The molecule has 2 rings (SSSR count). The Bertz CT molecular complexity index is 519. The van der Waals surface area contributed by atoms with E-state index >= 15 is 0 Å². The molecule has 1 aliphatic heterocycles. The molecule has 1 N–H and O–H groups in total. The van der Waals surface area contributed by atoms with Gasteiger partial charge in [-0.3, -0.25) is 4.79 Å². The van der Waals surface area contributed by atoms with E-state index < -0.39 is 11.0 Å². The van der Waals surface area contributed by atoms with Gasteiger partial charge < -0.3 is 14.8 Å². The second-order valence-electron chi connectivity index (χ2n) is 5.75. The summed E-state index contributed by atoms with van der Waals surface area (Å²) in [5.41, 5.74) is -0.620. The third-order valence-electron chi connectivity index (χ3n) is 3.10. The maximum atomic E-state index is 12.5. The predicted molar refractivity (Wildman–Crippen MR) is 85.3 cm³/mol. The molecule has 0 aromatic heterocycles. The summed E-state index contributed by atoms with van der Waals surface area (Å²) in [6.45, 7) is 1.88. The molecule has 0 amide bonds. The zero-order valence-corrected chi connectivity index (χ0v) is 12.2. The van der Waals surface area contributed by atoms with Crippen molar-refractivity contribution in [3.05, 3.63) is 23.8 Å². The normalized spacial score (nSPS) is 18.8. The van der Waals surface area contributed by atoms with E-state index in [0.29, 0.717) is 17.1 Å². The highest BCUT2D eigenvalue weighted by molar-refractivity contribution is 6.38. The maximum absolute atomic E-state index is 12.5. The molecular formula is C11H17B4NO3. The quantitative estimate of drug-likeness (QED) is 0.461. The lowest BCUT2D eigenvalue weighted by Gasteiger charge is -2.24. The van der Waals surface area contributed by atoms with Gasteiger partial charge in [0.05, 0.1) is 0 Å². The number of carbonyl (C=O) groups excluding carboxylic acids is 1. The van der Waals surface area contributed by atoms with Crippen LogP contribution in [0, 0.1) is 0 Å². The first-order chi connectivity index (χ1) is 8.75. The van der Waals surface area contributed by atoms with E-state index in [9.17, 15) is 4.79 Å². The topological polar surface area (TPSA) is 47.6 Å². The van der Waals surface area contributed by atoms with E-state index in [1.165, 1.54) is 0 Å². The summed E-state index contributed by atoms with van der Waals surface area (Å²) in [5.74, 6) is 1.36. The van der Waals surface area contributed by atoms with Crippen LogP contribution in [0.25, 0.3) is 0 Å². The van der Waals surface area contributed by atoms with E-state index in [4.69, 9.17) is 9.47 Å². The number of hydrogen-bond acceptors (Lipinski definition) is 4. The summed E-state index contributed by atoms with van der Waals surface area (Å²) in [7, 11) is 7.55. The number of hydrogen-bond donors (Lipinski definition) is 1. The zero-order chi connectivity index (χ0) is 14.3. The van der Waals surface area contributed by atoms with Crippen LogP contribution in [-0.2, 0) is 0 Å². The van der Waals surface area contributed by atoms with E-state index in [1.54, 1.807) is 18.2 Å². The molecule has 1 aromatic carbocycles. The molecule has 0 bridgehead atoms. The molecule has 4 nitrogen and oxygen atoms in total. The zero-order valence-electron chi connectivity index (χ0n) is 12.2. The predicted octanol–water partition coefficient (Wildman–Crippen LogP) is -2.95. The first-order valence-corrected chi connectivity index (χ1v) is 6.57. The standard InChI is InChI=1S/C11H17B4NO3/c1-10(13,16-5-12)9(17)6-2-3-7-8(4-6)19-11(14,15)18-7/h2-4,16H,5,12-15H2,1H3. The molecule has 0 fully saturated rings. The van der Waals surface area contributed by atoms with Crippen molar-refractivity contribution in [1.82, 2.24) is 5.32 Å². The molecule has 0 spiro atoms. The van der Waals surface area contributed by atoms with Crippen molar-refractivity contribution in [1.29, 1.82) is 0 Å². The van der Waals surface area contributed by atoms with Crippen LogP contribution in [0.4, 0.5) is 0 Å². The SMILES string of the molecule is BCNC(B)(C)C(=O)c1ccc2c(c1)OC(B)(B)O2. The summed E-state index contributed by atoms with van der Waals surface area (Å²) in [5, 5.41) is 3.18. The van der Waals surface area contributed by atoms with Gasteiger partial charge in [-0.1, -0.05) is 0 Å². The molecule has 0 aliphatic carbocycles. The lowest BCUT2D eigenvalue weighted by atomic mass is 9.73. The molecule has 1 heterocycles. The van der Waals surface area contributed by atoms with Crippen LogP contribution in [-0.4, -0.2) is 54.6 Å². The van der Waals surface area contributed by atoms with E-state index in [-0.39, 0.29) is 5.78 Å². The van der Waals surface area contributed by atoms with Crippen molar-refractivity contribution in [2.45, 2.75) is 17.9 Å². The summed E-state index contributed by atoms with van der Waals surface area (Å²) in [4.78, 5) is 12.5. The van der Waals surface area contributed by atoms with Crippen LogP contribution >= 0.6 is 0 Å². The molecule has 0 saturated carbocycles. The Morgan fingerprint density at radius 2 is 2.00 bits per heavy atom. The number of Topliss-reactive ketones (excluding diaryl/α,β-unsaturated/α-hetero) is 1. The molecule has 8 heteroatoms. The Balaban J connectivity index is 2.27.